The van der Waals surface area contributed by atoms with E-state index in [0.717, 1.165) is 60.6 Å². The summed E-state index contributed by atoms with van der Waals surface area (Å²) in [5, 5.41) is 10.6. The summed E-state index contributed by atoms with van der Waals surface area (Å²) in [6.45, 7) is 2.92. The smallest absolute Gasteiger partial charge is 0.159 e. The van der Waals surface area contributed by atoms with E-state index in [1.807, 2.05) is 37.0 Å². The first-order valence-electron chi connectivity index (χ1n) is 11.1. The third kappa shape index (κ3) is 4.12. The van der Waals surface area contributed by atoms with E-state index in [1.54, 1.807) is 0 Å². The van der Waals surface area contributed by atoms with E-state index in [9.17, 15) is 0 Å². The van der Waals surface area contributed by atoms with Gasteiger partial charge in [0, 0.05) is 48.8 Å². The third-order valence-corrected chi connectivity index (χ3v) is 8.23. The molecule has 2 aliphatic carbocycles. The Hall–Kier alpha value is -1.21. The first-order chi connectivity index (χ1) is 15.1. The molecule has 2 atom stereocenters. The van der Waals surface area contributed by atoms with Crippen LogP contribution in [0.5, 0.6) is 0 Å². The molecule has 0 radical (unpaired) electrons. The molecule has 1 aromatic heterocycles. The molecule has 0 amide bonds. The van der Waals surface area contributed by atoms with Gasteiger partial charge in [0.05, 0.1) is 10.0 Å². The van der Waals surface area contributed by atoms with E-state index in [1.165, 1.54) is 11.6 Å². The molecule has 4 fully saturated rings. The number of benzene rings is 1. The summed E-state index contributed by atoms with van der Waals surface area (Å²) < 4.78 is 5.81. The minimum absolute atomic E-state index is 0.476. The van der Waals surface area contributed by atoms with Crippen LogP contribution < -0.4 is 5.32 Å². The van der Waals surface area contributed by atoms with Crippen LogP contribution in [0.4, 0.5) is 0 Å². The summed E-state index contributed by atoms with van der Waals surface area (Å²) in [5.74, 6) is 2.54. The number of nitrogens with one attached hydrogen (secondary N) is 1. The van der Waals surface area contributed by atoms with Crippen LogP contribution in [-0.2, 0) is 6.54 Å². The van der Waals surface area contributed by atoms with Gasteiger partial charge in [-0.3, -0.25) is 4.99 Å². The average Bonchev–Trinajstić information content (AvgIpc) is 3.52. The van der Waals surface area contributed by atoms with Crippen LogP contribution in [0, 0.1) is 0 Å². The second kappa shape index (κ2) is 8.97. The predicted molar refractivity (Wildman–Crippen MR) is 129 cm³/mol. The van der Waals surface area contributed by atoms with Crippen molar-refractivity contribution in [3.63, 3.8) is 0 Å². The monoisotopic (exact) mass is 478 g/mol. The number of thioether (sulfide) groups is 1. The van der Waals surface area contributed by atoms with Gasteiger partial charge in [-0.05, 0) is 50.0 Å². The van der Waals surface area contributed by atoms with Gasteiger partial charge in [-0.15, -0.1) is 0 Å². The van der Waals surface area contributed by atoms with E-state index >= 15 is 0 Å². The van der Waals surface area contributed by atoms with E-state index in [-0.39, 0.29) is 0 Å². The summed E-state index contributed by atoms with van der Waals surface area (Å²) in [6.07, 6.45) is 5.89. The first kappa shape index (κ1) is 21.6. The topological polar surface area (TPSA) is 53.7 Å². The van der Waals surface area contributed by atoms with Gasteiger partial charge < -0.3 is 14.7 Å². The molecule has 166 valence electrons. The van der Waals surface area contributed by atoms with Crippen molar-refractivity contribution in [2.45, 2.75) is 69.6 Å². The normalized spacial score (nSPS) is 25.6. The molecule has 0 spiro atoms. The van der Waals surface area contributed by atoms with Crippen molar-refractivity contribution in [3.05, 3.63) is 39.6 Å². The van der Waals surface area contributed by atoms with Crippen molar-refractivity contribution >= 4 is 40.1 Å². The summed E-state index contributed by atoms with van der Waals surface area (Å²) in [7, 11) is 1.91. The zero-order valence-electron chi connectivity index (χ0n) is 17.9. The van der Waals surface area contributed by atoms with Gasteiger partial charge in [0.25, 0.3) is 0 Å². The Morgan fingerprint density at radius 3 is 2.55 bits per heavy atom. The minimum Gasteiger partial charge on any atom is -0.360 e. The Balaban J connectivity index is 1.31. The van der Waals surface area contributed by atoms with Crippen molar-refractivity contribution < 1.29 is 4.52 Å². The van der Waals surface area contributed by atoms with Crippen molar-refractivity contribution in [1.29, 1.82) is 0 Å². The standard InChI is InChI=1S/C23H28Cl2N4OS/c1-3-31-23(26-2)29-15-9-14(10-16(29)11-15)27-12-17-21(28-30-22(17)13-7-8-13)20-18(24)5-4-6-19(20)25/h4-6,13-16,27H,3,7-12H2,1-2H3/b26-23-. The fourth-order valence-corrected chi connectivity index (χ4v) is 6.47. The van der Waals surface area contributed by atoms with Gasteiger partial charge >= 0.3 is 0 Å². The van der Waals surface area contributed by atoms with E-state index in [0.29, 0.717) is 34.1 Å². The lowest BCUT2D eigenvalue weighted by Crippen LogP contribution is -2.65. The Morgan fingerprint density at radius 2 is 1.94 bits per heavy atom. The zero-order valence-corrected chi connectivity index (χ0v) is 20.2. The Labute approximate surface area is 197 Å². The molecule has 2 saturated carbocycles. The van der Waals surface area contributed by atoms with Crippen LogP contribution in [0.25, 0.3) is 11.3 Å². The second-order valence-electron chi connectivity index (χ2n) is 8.68. The quantitative estimate of drug-likeness (QED) is 0.409. The lowest BCUT2D eigenvalue weighted by molar-refractivity contribution is 0.0240. The molecular weight excluding hydrogens is 451 g/mol. The molecular formula is C23H28Cl2N4OS. The molecule has 1 N–H and O–H groups in total. The van der Waals surface area contributed by atoms with Gasteiger partial charge in [-0.25, -0.2) is 0 Å². The molecule has 31 heavy (non-hydrogen) atoms. The number of rotatable bonds is 6. The summed E-state index contributed by atoms with van der Waals surface area (Å²) in [4.78, 5) is 7.07. The predicted octanol–water partition coefficient (Wildman–Crippen LogP) is 5.96. The zero-order chi connectivity index (χ0) is 21.5. The fourth-order valence-electron chi connectivity index (χ4n) is 5.06. The number of fused-ring (bicyclic) bond motifs is 2. The molecule has 2 bridgehead atoms. The minimum atomic E-state index is 0.476. The highest BCUT2D eigenvalue weighted by atomic mass is 35.5. The number of aliphatic imine (C=N–C) groups is 1. The molecule has 2 aliphatic heterocycles. The van der Waals surface area contributed by atoms with Crippen LogP contribution in [-0.4, -0.2) is 46.2 Å². The highest BCUT2D eigenvalue weighted by Gasteiger charge is 2.46. The second-order valence-corrected chi connectivity index (χ2v) is 10.7. The lowest BCUT2D eigenvalue weighted by Gasteiger charge is -2.56. The molecule has 2 saturated heterocycles. The van der Waals surface area contributed by atoms with Crippen molar-refractivity contribution in [3.8, 4) is 11.3 Å². The van der Waals surface area contributed by atoms with Crippen molar-refractivity contribution in [2.75, 3.05) is 12.8 Å². The van der Waals surface area contributed by atoms with Crippen LogP contribution >= 0.6 is 35.0 Å². The van der Waals surface area contributed by atoms with Crippen LogP contribution in [0.3, 0.4) is 0 Å². The average molecular weight is 479 g/mol. The lowest BCUT2D eigenvalue weighted by atomic mass is 9.77. The Kier molecular flexibility index (Phi) is 6.26. The molecule has 1 aromatic carbocycles. The van der Waals surface area contributed by atoms with Gasteiger partial charge in [-0.1, -0.05) is 53.1 Å². The van der Waals surface area contributed by atoms with Gasteiger partial charge in [0.15, 0.2) is 5.17 Å². The van der Waals surface area contributed by atoms with Gasteiger partial charge in [0.2, 0.25) is 0 Å². The van der Waals surface area contributed by atoms with E-state index in [2.05, 4.69) is 27.3 Å². The van der Waals surface area contributed by atoms with Gasteiger partial charge in [-0.2, -0.15) is 0 Å². The maximum atomic E-state index is 6.49. The number of halogens is 2. The molecule has 6 rings (SSSR count). The number of hydrogen-bond acceptors (Lipinski definition) is 5. The Bertz CT molecular complexity index is 958. The molecule has 5 nitrogen and oxygen atoms in total. The molecule has 2 unspecified atom stereocenters. The summed E-state index contributed by atoms with van der Waals surface area (Å²) in [6, 6.07) is 7.25. The van der Waals surface area contributed by atoms with Crippen LogP contribution in [0.15, 0.2) is 27.7 Å². The highest BCUT2D eigenvalue weighted by molar-refractivity contribution is 8.13. The number of aromatic nitrogens is 1. The number of hydrogen-bond donors (Lipinski definition) is 1. The molecule has 4 aliphatic rings. The van der Waals surface area contributed by atoms with Crippen LogP contribution in [0.2, 0.25) is 10.0 Å². The summed E-state index contributed by atoms with van der Waals surface area (Å²) >= 11 is 14.8. The SMILES string of the molecule is CCS/C(=N\C)N1C2CC(NCc3c(-c4c(Cl)cccc4Cl)noc3C3CC3)CC1C2. The van der Waals surface area contributed by atoms with E-state index < -0.39 is 0 Å². The molecule has 2 aromatic rings. The Morgan fingerprint density at radius 1 is 1.23 bits per heavy atom. The first-order valence-corrected chi connectivity index (χ1v) is 12.9. The molecule has 8 heteroatoms. The third-order valence-electron chi connectivity index (χ3n) is 6.66. The van der Waals surface area contributed by atoms with Gasteiger partial charge in [0.1, 0.15) is 11.5 Å². The number of piperidine rings is 1. The maximum absolute atomic E-state index is 6.49. The highest BCUT2D eigenvalue weighted by Crippen LogP contribution is 2.46. The molecule has 3 heterocycles. The van der Waals surface area contributed by atoms with Crippen molar-refractivity contribution in [1.82, 2.24) is 15.4 Å². The fraction of sp³-hybridized carbons (Fsp3) is 0.565. The van der Waals surface area contributed by atoms with Crippen LogP contribution in [0.1, 0.15) is 56.3 Å². The summed E-state index contributed by atoms with van der Waals surface area (Å²) in [5.41, 5.74) is 2.68. The van der Waals surface area contributed by atoms with E-state index in [4.69, 9.17) is 27.7 Å². The largest absolute Gasteiger partial charge is 0.360 e. The number of amidine groups is 1. The number of nitrogens with zero attached hydrogens (tertiary/aromatic N) is 3. The van der Waals surface area contributed by atoms with Crippen molar-refractivity contribution in [2.24, 2.45) is 4.99 Å². The maximum Gasteiger partial charge on any atom is 0.159 e.